The van der Waals surface area contributed by atoms with Crippen LogP contribution in [-0.4, -0.2) is 25.0 Å². The van der Waals surface area contributed by atoms with Crippen LogP contribution in [0.1, 0.15) is 16.8 Å². The number of alkyl halides is 1. The average Bonchev–Trinajstić information content (AvgIpc) is 2.29. The van der Waals surface area contributed by atoms with E-state index in [0.717, 1.165) is 11.8 Å². The van der Waals surface area contributed by atoms with Crippen LogP contribution in [0, 0.1) is 0 Å². The number of hydrogen-bond acceptors (Lipinski definition) is 3. The SMILES string of the molecule is COC(=O)c1ccccc1OCCCBr. The Morgan fingerprint density at radius 2 is 2.13 bits per heavy atom. The van der Waals surface area contributed by atoms with Crippen molar-refractivity contribution in [2.24, 2.45) is 0 Å². The first-order valence-corrected chi connectivity index (χ1v) is 5.78. The standard InChI is InChI=1S/C11H13BrO3/c1-14-11(13)9-5-2-3-6-10(9)15-8-4-7-12/h2-3,5-6H,4,7-8H2,1H3. The van der Waals surface area contributed by atoms with Crippen LogP contribution in [0.4, 0.5) is 0 Å². The number of carbonyl (C=O) groups excluding carboxylic acids is 1. The summed E-state index contributed by atoms with van der Waals surface area (Å²) in [4.78, 5) is 11.4. The normalized spacial score (nSPS) is 9.73. The second-order valence-electron chi connectivity index (χ2n) is 2.88. The first-order chi connectivity index (χ1) is 7.29. The van der Waals surface area contributed by atoms with Gasteiger partial charge in [0.2, 0.25) is 0 Å². The van der Waals surface area contributed by atoms with Gasteiger partial charge in [-0.1, -0.05) is 28.1 Å². The van der Waals surface area contributed by atoms with Gasteiger partial charge in [0.25, 0.3) is 0 Å². The summed E-state index contributed by atoms with van der Waals surface area (Å²) in [6, 6.07) is 7.06. The molecule has 0 fully saturated rings. The van der Waals surface area contributed by atoms with Crippen molar-refractivity contribution in [3.05, 3.63) is 29.8 Å². The molecule has 1 aromatic carbocycles. The van der Waals surface area contributed by atoms with Crippen molar-refractivity contribution in [2.75, 3.05) is 19.0 Å². The molecule has 0 unspecified atom stereocenters. The van der Waals surface area contributed by atoms with Gasteiger partial charge in [0.15, 0.2) is 0 Å². The highest BCUT2D eigenvalue weighted by Crippen LogP contribution is 2.18. The maximum atomic E-state index is 11.4. The van der Waals surface area contributed by atoms with Crippen LogP contribution in [-0.2, 0) is 4.74 Å². The molecule has 1 rings (SSSR count). The molecule has 0 aliphatic heterocycles. The predicted molar refractivity (Wildman–Crippen MR) is 61.7 cm³/mol. The number of para-hydroxylation sites is 1. The second-order valence-corrected chi connectivity index (χ2v) is 3.67. The molecule has 15 heavy (non-hydrogen) atoms. The van der Waals surface area contributed by atoms with E-state index in [1.165, 1.54) is 7.11 Å². The van der Waals surface area contributed by atoms with Crippen molar-refractivity contribution < 1.29 is 14.3 Å². The van der Waals surface area contributed by atoms with Gasteiger partial charge < -0.3 is 9.47 Å². The van der Waals surface area contributed by atoms with Crippen molar-refractivity contribution >= 4 is 21.9 Å². The Morgan fingerprint density at radius 3 is 2.80 bits per heavy atom. The molecule has 0 amide bonds. The van der Waals surface area contributed by atoms with E-state index in [1.807, 2.05) is 6.07 Å². The van der Waals surface area contributed by atoms with Gasteiger partial charge in [0, 0.05) is 5.33 Å². The third-order valence-corrected chi connectivity index (χ3v) is 2.39. The summed E-state index contributed by atoms with van der Waals surface area (Å²) in [5.74, 6) is 0.203. The quantitative estimate of drug-likeness (QED) is 0.470. The lowest BCUT2D eigenvalue weighted by Crippen LogP contribution is -2.06. The molecule has 0 aliphatic rings. The van der Waals surface area contributed by atoms with Crippen LogP contribution >= 0.6 is 15.9 Å². The molecule has 0 N–H and O–H groups in total. The predicted octanol–water partition coefficient (Wildman–Crippen LogP) is 2.64. The van der Waals surface area contributed by atoms with Crippen molar-refractivity contribution in [1.29, 1.82) is 0 Å². The fourth-order valence-corrected chi connectivity index (χ4v) is 1.34. The summed E-state index contributed by atoms with van der Waals surface area (Å²) >= 11 is 3.31. The van der Waals surface area contributed by atoms with E-state index in [0.29, 0.717) is 17.9 Å². The molecule has 0 atom stereocenters. The number of ether oxygens (including phenoxy) is 2. The van der Waals surface area contributed by atoms with E-state index in [1.54, 1.807) is 18.2 Å². The number of halogens is 1. The minimum Gasteiger partial charge on any atom is -0.493 e. The molecule has 0 saturated carbocycles. The Bertz CT molecular complexity index is 325. The largest absolute Gasteiger partial charge is 0.493 e. The highest BCUT2D eigenvalue weighted by molar-refractivity contribution is 9.09. The third kappa shape index (κ3) is 3.55. The zero-order chi connectivity index (χ0) is 11.1. The minimum atomic E-state index is -0.371. The summed E-state index contributed by atoms with van der Waals surface area (Å²) in [6.07, 6.45) is 0.898. The van der Waals surface area contributed by atoms with Crippen LogP contribution in [0.5, 0.6) is 5.75 Å². The molecule has 82 valence electrons. The first-order valence-electron chi connectivity index (χ1n) is 4.65. The highest BCUT2D eigenvalue weighted by atomic mass is 79.9. The van der Waals surface area contributed by atoms with Gasteiger partial charge >= 0.3 is 5.97 Å². The zero-order valence-corrected chi connectivity index (χ0v) is 10.1. The zero-order valence-electron chi connectivity index (χ0n) is 8.53. The molecule has 4 heteroatoms. The fourth-order valence-electron chi connectivity index (χ4n) is 1.11. The number of carbonyl (C=O) groups is 1. The van der Waals surface area contributed by atoms with E-state index >= 15 is 0 Å². The van der Waals surface area contributed by atoms with Crippen LogP contribution in [0.15, 0.2) is 24.3 Å². The lowest BCUT2D eigenvalue weighted by molar-refractivity contribution is 0.0596. The van der Waals surface area contributed by atoms with Gasteiger partial charge in [-0.25, -0.2) is 4.79 Å². The molecule has 0 heterocycles. The van der Waals surface area contributed by atoms with Crippen LogP contribution in [0.2, 0.25) is 0 Å². The smallest absolute Gasteiger partial charge is 0.341 e. The van der Waals surface area contributed by atoms with Gasteiger partial charge in [0.05, 0.1) is 13.7 Å². The topological polar surface area (TPSA) is 35.5 Å². The molecule has 0 radical (unpaired) electrons. The molecular formula is C11H13BrO3. The van der Waals surface area contributed by atoms with E-state index in [4.69, 9.17) is 4.74 Å². The van der Waals surface area contributed by atoms with E-state index in [9.17, 15) is 4.79 Å². The molecule has 3 nitrogen and oxygen atoms in total. The number of esters is 1. The Balaban J connectivity index is 2.73. The highest BCUT2D eigenvalue weighted by Gasteiger charge is 2.11. The van der Waals surface area contributed by atoms with Gasteiger partial charge in [-0.05, 0) is 18.6 Å². The second kappa shape index (κ2) is 6.45. The van der Waals surface area contributed by atoms with Crippen LogP contribution in [0.3, 0.4) is 0 Å². The Labute approximate surface area is 97.5 Å². The summed E-state index contributed by atoms with van der Waals surface area (Å²) in [5, 5.41) is 0.882. The van der Waals surface area contributed by atoms with E-state index < -0.39 is 0 Å². The summed E-state index contributed by atoms with van der Waals surface area (Å²) < 4.78 is 10.1. The Kier molecular flexibility index (Phi) is 5.18. The number of benzene rings is 1. The van der Waals surface area contributed by atoms with E-state index in [-0.39, 0.29) is 5.97 Å². The molecule has 0 saturated heterocycles. The lowest BCUT2D eigenvalue weighted by atomic mass is 10.2. The van der Waals surface area contributed by atoms with Crippen molar-refractivity contribution in [2.45, 2.75) is 6.42 Å². The van der Waals surface area contributed by atoms with Crippen molar-refractivity contribution in [3.8, 4) is 5.75 Å². The number of hydrogen-bond donors (Lipinski definition) is 0. The maximum absolute atomic E-state index is 11.4. The number of rotatable bonds is 5. The third-order valence-electron chi connectivity index (χ3n) is 1.83. The van der Waals surface area contributed by atoms with Gasteiger partial charge in [-0.2, -0.15) is 0 Å². The van der Waals surface area contributed by atoms with Crippen LogP contribution < -0.4 is 4.74 Å². The molecule has 0 bridgehead atoms. The summed E-state index contributed by atoms with van der Waals surface area (Å²) in [6.45, 7) is 0.583. The van der Waals surface area contributed by atoms with Crippen molar-refractivity contribution in [1.82, 2.24) is 0 Å². The van der Waals surface area contributed by atoms with Crippen LogP contribution in [0.25, 0.3) is 0 Å². The number of methoxy groups -OCH3 is 1. The maximum Gasteiger partial charge on any atom is 0.341 e. The summed E-state index contributed by atoms with van der Waals surface area (Å²) in [7, 11) is 1.36. The molecular weight excluding hydrogens is 260 g/mol. The Hall–Kier alpha value is -1.03. The van der Waals surface area contributed by atoms with Crippen molar-refractivity contribution in [3.63, 3.8) is 0 Å². The first kappa shape index (κ1) is 12.0. The van der Waals surface area contributed by atoms with Gasteiger partial charge in [0.1, 0.15) is 11.3 Å². The summed E-state index contributed by atoms with van der Waals surface area (Å²) in [5.41, 5.74) is 0.467. The lowest BCUT2D eigenvalue weighted by Gasteiger charge is -2.08. The monoisotopic (exact) mass is 272 g/mol. The Morgan fingerprint density at radius 1 is 1.40 bits per heavy atom. The molecule has 0 spiro atoms. The molecule has 0 aromatic heterocycles. The molecule has 1 aromatic rings. The fraction of sp³-hybridized carbons (Fsp3) is 0.364. The minimum absolute atomic E-state index is 0.371. The van der Waals surface area contributed by atoms with Gasteiger partial charge in [-0.3, -0.25) is 0 Å². The average molecular weight is 273 g/mol. The van der Waals surface area contributed by atoms with E-state index in [2.05, 4.69) is 20.7 Å². The molecule has 0 aliphatic carbocycles. The van der Waals surface area contributed by atoms with Gasteiger partial charge in [-0.15, -0.1) is 0 Å².